The zero-order valence-electron chi connectivity index (χ0n) is 14.9. The molecule has 1 aliphatic heterocycles. The smallest absolute Gasteiger partial charge is 0.325 e. The number of hydrogen-bond acceptors (Lipinski definition) is 9. The molecule has 0 radical (unpaired) electrons. The number of nitrogens with zero attached hydrogens (tertiary/aromatic N) is 10. The molecule has 3 rings (SSSR count). The van der Waals surface area contributed by atoms with Crippen LogP contribution in [-0.2, 0) is 6.42 Å². The fourth-order valence-corrected chi connectivity index (χ4v) is 3.31. The Bertz CT molecular complexity index is 846. The topological polar surface area (TPSA) is 140 Å². The van der Waals surface area contributed by atoms with Crippen LogP contribution in [0, 0.1) is 0 Å². The summed E-state index contributed by atoms with van der Waals surface area (Å²) in [5.74, 6) is 1.73. The Kier molecular flexibility index (Phi) is 5.84. The maximum Gasteiger partial charge on any atom is 0.325 e. The van der Waals surface area contributed by atoms with Gasteiger partial charge in [-0.1, -0.05) is 0 Å². The van der Waals surface area contributed by atoms with Crippen LogP contribution >= 0.6 is 11.6 Å². The minimum absolute atomic E-state index is 0.0103. The third-order valence-electron chi connectivity index (χ3n) is 4.16. The highest BCUT2D eigenvalue weighted by Crippen LogP contribution is 2.24. The second-order valence-corrected chi connectivity index (χ2v) is 6.53. The van der Waals surface area contributed by atoms with Gasteiger partial charge in [-0.3, -0.25) is 0 Å². The second kappa shape index (κ2) is 8.30. The van der Waals surface area contributed by atoms with E-state index >= 15 is 0 Å². The zero-order valence-corrected chi connectivity index (χ0v) is 15.7. The maximum atomic E-state index is 9.07. The fourth-order valence-electron chi connectivity index (χ4n) is 3.15. The average molecular weight is 391 g/mol. The van der Waals surface area contributed by atoms with Gasteiger partial charge in [0.05, 0.1) is 6.61 Å². The van der Waals surface area contributed by atoms with Crippen molar-refractivity contribution in [3.8, 4) is 0 Å². The predicted molar refractivity (Wildman–Crippen MR) is 97.9 cm³/mol. The van der Waals surface area contributed by atoms with E-state index in [0.29, 0.717) is 37.2 Å². The lowest BCUT2D eigenvalue weighted by Crippen LogP contribution is -2.58. The Morgan fingerprint density at radius 1 is 1.19 bits per heavy atom. The SMILES string of the molecule is C[C@@H]1CN(c2ncnc(CCO)n2)C[C@H](C)N1c1nc(Cl)nc(C=[N+]=[N-])n1. The molecule has 2 aromatic rings. The molecule has 0 bridgehead atoms. The van der Waals surface area contributed by atoms with E-state index in [1.165, 1.54) is 6.33 Å². The van der Waals surface area contributed by atoms with Gasteiger partial charge in [-0.15, -0.1) is 0 Å². The van der Waals surface area contributed by atoms with Crippen LogP contribution in [0.1, 0.15) is 25.5 Å². The molecule has 1 saturated heterocycles. The second-order valence-electron chi connectivity index (χ2n) is 6.19. The van der Waals surface area contributed by atoms with Crippen molar-refractivity contribution < 1.29 is 9.90 Å². The first-order valence-electron chi connectivity index (χ1n) is 8.43. The van der Waals surface area contributed by atoms with Gasteiger partial charge < -0.3 is 20.4 Å². The lowest BCUT2D eigenvalue weighted by Gasteiger charge is -2.44. The molecule has 12 heteroatoms. The molecular weight excluding hydrogens is 372 g/mol. The van der Waals surface area contributed by atoms with E-state index in [9.17, 15) is 0 Å². The molecule has 2 atom stereocenters. The number of anilines is 2. The van der Waals surface area contributed by atoms with Crippen molar-refractivity contribution in [2.75, 3.05) is 29.5 Å². The van der Waals surface area contributed by atoms with Gasteiger partial charge in [-0.25, -0.2) is 9.97 Å². The number of rotatable bonds is 5. The van der Waals surface area contributed by atoms with Gasteiger partial charge in [-0.05, 0) is 25.4 Å². The molecule has 0 unspecified atom stereocenters. The minimum Gasteiger partial charge on any atom is -0.396 e. The zero-order chi connectivity index (χ0) is 19.4. The number of hydrogen-bond donors (Lipinski definition) is 1. The fraction of sp³-hybridized carbons (Fsp3) is 0.533. The van der Waals surface area contributed by atoms with Crippen LogP contribution in [0.25, 0.3) is 5.53 Å². The van der Waals surface area contributed by atoms with E-state index in [-0.39, 0.29) is 29.8 Å². The highest BCUT2D eigenvalue weighted by Gasteiger charge is 2.33. The summed E-state index contributed by atoms with van der Waals surface area (Å²) in [5, 5.41) is 9.10. The Balaban J connectivity index is 1.83. The summed E-state index contributed by atoms with van der Waals surface area (Å²) < 4.78 is 0. The van der Waals surface area contributed by atoms with Gasteiger partial charge in [0.25, 0.3) is 0 Å². The van der Waals surface area contributed by atoms with Crippen LogP contribution in [0.4, 0.5) is 11.9 Å². The van der Waals surface area contributed by atoms with Gasteiger partial charge in [0.2, 0.25) is 23.0 Å². The monoisotopic (exact) mass is 390 g/mol. The third kappa shape index (κ3) is 4.33. The third-order valence-corrected chi connectivity index (χ3v) is 4.33. The quantitative estimate of drug-likeness (QED) is 0.424. The summed E-state index contributed by atoms with van der Waals surface area (Å²) >= 11 is 5.98. The van der Waals surface area contributed by atoms with Gasteiger partial charge in [0.15, 0.2) is 0 Å². The maximum absolute atomic E-state index is 9.07. The van der Waals surface area contributed by atoms with Gasteiger partial charge in [-0.2, -0.15) is 24.7 Å². The summed E-state index contributed by atoms with van der Waals surface area (Å²) in [5.41, 5.74) is 8.71. The van der Waals surface area contributed by atoms with Crippen LogP contribution in [0.2, 0.25) is 5.28 Å². The van der Waals surface area contributed by atoms with Crippen molar-refractivity contribution in [2.24, 2.45) is 0 Å². The summed E-state index contributed by atoms with van der Waals surface area (Å²) in [6.07, 6.45) is 2.95. The first-order valence-corrected chi connectivity index (χ1v) is 8.80. The van der Waals surface area contributed by atoms with Crippen molar-refractivity contribution >= 4 is 29.7 Å². The van der Waals surface area contributed by atoms with E-state index in [4.69, 9.17) is 22.2 Å². The van der Waals surface area contributed by atoms with Crippen molar-refractivity contribution in [3.63, 3.8) is 0 Å². The highest BCUT2D eigenvalue weighted by molar-refractivity contribution is 6.28. The molecule has 142 valence electrons. The predicted octanol–water partition coefficient (Wildman–Crippen LogP) is -0.00290. The number of halogens is 1. The lowest BCUT2D eigenvalue weighted by atomic mass is 10.1. The highest BCUT2D eigenvalue weighted by atomic mass is 35.5. The summed E-state index contributed by atoms with van der Waals surface area (Å²) in [6.45, 7) is 5.34. The van der Waals surface area contributed by atoms with E-state index in [0.717, 1.165) is 6.21 Å². The molecule has 0 saturated carbocycles. The molecule has 3 heterocycles. The Labute approximate surface area is 160 Å². The minimum atomic E-state index is -0.0103. The Morgan fingerprint density at radius 2 is 1.93 bits per heavy atom. The van der Waals surface area contributed by atoms with E-state index in [1.54, 1.807) is 0 Å². The Hall–Kier alpha value is -2.75. The summed E-state index contributed by atoms with van der Waals surface area (Å²) in [4.78, 5) is 32.2. The molecule has 1 N–H and O–H groups in total. The van der Waals surface area contributed by atoms with Crippen LogP contribution in [0.15, 0.2) is 6.33 Å². The molecule has 1 fully saturated rings. The first-order chi connectivity index (χ1) is 13.0. The average Bonchev–Trinajstić information content (AvgIpc) is 2.61. The lowest BCUT2D eigenvalue weighted by molar-refractivity contribution is 0.00392. The van der Waals surface area contributed by atoms with Crippen LogP contribution in [0.5, 0.6) is 0 Å². The number of aliphatic hydroxyl groups excluding tert-OH is 1. The molecule has 1 aliphatic rings. The molecule has 11 nitrogen and oxygen atoms in total. The molecule has 0 amide bonds. The molecular formula is C15H19ClN10O. The standard InChI is InChI=1S/C15H19ClN10O/c1-9-6-25(14-19-8-18-11(22-14)3-4-27)7-10(2)26(9)15-23-12(5-20-17)21-13(16)24-15/h5,8-10,27H,3-4,6-7H2,1-2H3/t9-,10+. The molecule has 27 heavy (non-hydrogen) atoms. The molecule has 0 aliphatic carbocycles. The van der Waals surface area contributed by atoms with Gasteiger partial charge in [0.1, 0.15) is 12.2 Å². The molecule has 2 aromatic heterocycles. The van der Waals surface area contributed by atoms with Crippen LogP contribution in [-0.4, -0.2) is 77.8 Å². The summed E-state index contributed by atoms with van der Waals surface area (Å²) in [6, 6.07) is 0.0633. The van der Waals surface area contributed by atoms with Crippen molar-refractivity contribution in [1.82, 2.24) is 29.9 Å². The van der Waals surface area contributed by atoms with Crippen LogP contribution < -0.4 is 9.80 Å². The number of aromatic nitrogens is 6. The van der Waals surface area contributed by atoms with Crippen molar-refractivity contribution in [1.29, 1.82) is 0 Å². The Morgan fingerprint density at radius 3 is 2.59 bits per heavy atom. The van der Waals surface area contributed by atoms with Crippen molar-refractivity contribution in [3.05, 3.63) is 28.8 Å². The number of piperazine rings is 1. The largest absolute Gasteiger partial charge is 0.396 e. The van der Waals surface area contributed by atoms with Gasteiger partial charge >= 0.3 is 6.21 Å². The normalized spacial score (nSPS) is 19.7. The van der Waals surface area contributed by atoms with Crippen molar-refractivity contribution in [2.45, 2.75) is 32.4 Å². The van der Waals surface area contributed by atoms with E-state index in [2.05, 4.69) is 39.6 Å². The van der Waals surface area contributed by atoms with E-state index < -0.39 is 0 Å². The first kappa shape index (κ1) is 19.0. The number of aliphatic hydroxyl groups is 1. The van der Waals surface area contributed by atoms with E-state index in [1.807, 2.05) is 18.7 Å². The summed E-state index contributed by atoms with van der Waals surface area (Å²) in [7, 11) is 0. The van der Waals surface area contributed by atoms with Gasteiger partial charge in [0, 0.05) is 31.6 Å². The van der Waals surface area contributed by atoms with Crippen LogP contribution in [0.3, 0.4) is 0 Å². The molecule has 0 aromatic carbocycles. The molecule has 0 spiro atoms.